The number of rotatable bonds is 8. The fourth-order valence-electron chi connectivity index (χ4n) is 2.28. The van der Waals surface area contributed by atoms with Crippen LogP contribution in [0.2, 0.25) is 0 Å². The number of ether oxygens (including phenoxy) is 1. The van der Waals surface area contributed by atoms with Gasteiger partial charge in [-0.2, -0.15) is 0 Å². The van der Waals surface area contributed by atoms with Crippen molar-refractivity contribution in [1.82, 2.24) is 10.2 Å². The molecule has 5 nitrogen and oxygen atoms in total. The highest BCUT2D eigenvalue weighted by Gasteiger charge is 2.07. The second-order valence-corrected chi connectivity index (χ2v) is 5.41. The molecule has 0 aromatic heterocycles. The van der Waals surface area contributed by atoms with Crippen LogP contribution < -0.4 is 5.32 Å². The number of aryl methyl sites for hydroxylation is 1. The summed E-state index contributed by atoms with van der Waals surface area (Å²) in [4.78, 5) is 17.7. The summed E-state index contributed by atoms with van der Waals surface area (Å²) in [5.74, 6) is 0.682. The maximum atomic E-state index is 11.3. The topological polar surface area (TPSA) is 53.9 Å². The lowest BCUT2D eigenvalue weighted by Crippen LogP contribution is -2.39. The van der Waals surface area contributed by atoms with Crippen LogP contribution >= 0.6 is 0 Å². The highest BCUT2D eigenvalue weighted by atomic mass is 16.5. The van der Waals surface area contributed by atoms with E-state index in [1.165, 1.54) is 11.1 Å². The van der Waals surface area contributed by atoms with Crippen LogP contribution in [-0.4, -0.2) is 44.1 Å². The monoisotopic (exact) mass is 319 g/mol. The zero-order valence-electron chi connectivity index (χ0n) is 14.8. The van der Waals surface area contributed by atoms with E-state index in [0.29, 0.717) is 19.6 Å². The Hall–Kier alpha value is -2.04. The van der Waals surface area contributed by atoms with Crippen molar-refractivity contribution < 1.29 is 9.53 Å². The van der Waals surface area contributed by atoms with Gasteiger partial charge in [0, 0.05) is 33.6 Å². The van der Waals surface area contributed by atoms with Gasteiger partial charge in [-0.15, -0.1) is 0 Å². The number of carbonyl (C=O) groups excluding carboxylic acids is 1. The maximum absolute atomic E-state index is 11.3. The Morgan fingerprint density at radius 1 is 1.22 bits per heavy atom. The first kappa shape index (κ1) is 19.0. The minimum absolute atomic E-state index is 0.145. The summed E-state index contributed by atoms with van der Waals surface area (Å²) in [7, 11) is 3.78. The molecule has 0 spiro atoms. The maximum Gasteiger partial charge on any atom is 0.305 e. The minimum atomic E-state index is -0.145. The zero-order valence-corrected chi connectivity index (χ0v) is 14.8. The third-order valence-electron chi connectivity index (χ3n) is 3.57. The van der Waals surface area contributed by atoms with Crippen molar-refractivity contribution in [2.45, 2.75) is 39.7 Å². The zero-order chi connectivity index (χ0) is 17.1. The molecule has 0 heterocycles. The fraction of sp³-hybridized carbons (Fsp3) is 0.556. The predicted octanol–water partition coefficient (Wildman–Crippen LogP) is 2.60. The van der Waals surface area contributed by atoms with Crippen molar-refractivity contribution in [3.8, 4) is 0 Å². The molecule has 0 saturated carbocycles. The van der Waals surface area contributed by atoms with Gasteiger partial charge in [-0.25, -0.2) is 0 Å². The number of hydrogen-bond acceptors (Lipinski definition) is 3. The number of benzene rings is 1. The first-order valence-corrected chi connectivity index (χ1v) is 8.25. The highest BCUT2D eigenvalue weighted by molar-refractivity contribution is 5.79. The van der Waals surface area contributed by atoms with Gasteiger partial charge in [-0.3, -0.25) is 9.79 Å². The Morgan fingerprint density at radius 2 is 1.87 bits per heavy atom. The Kier molecular flexibility index (Phi) is 8.80. The van der Waals surface area contributed by atoms with E-state index in [2.05, 4.69) is 46.4 Å². The van der Waals surface area contributed by atoms with Crippen LogP contribution in [0.5, 0.6) is 0 Å². The van der Waals surface area contributed by atoms with Gasteiger partial charge >= 0.3 is 5.97 Å². The molecule has 0 unspecified atom stereocenters. The van der Waals surface area contributed by atoms with Gasteiger partial charge in [0.2, 0.25) is 0 Å². The average Bonchev–Trinajstić information content (AvgIpc) is 2.55. The van der Waals surface area contributed by atoms with Crippen LogP contribution in [0.15, 0.2) is 29.3 Å². The van der Waals surface area contributed by atoms with E-state index < -0.39 is 0 Å². The summed E-state index contributed by atoms with van der Waals surface area (Å²) in [5, 5.41) is 3.28. The Balaban J connectivity index is 2.39. The van der Waals surface area contributed by atoms with E-state index in [0.717, 1.165) is 25.3 Å². The molecule has 0 aliphatic carbocycles. The molecule has 0 radical (unpaired) electrons. The molecule has 5 heteroatoms. The van der Waals surface area contributed by atoms with Crippen molar-refractivity contribution in [3.63, 3.8) is 0 Å². The number of carbonyl (C=O) groups is 1. The molecule has 128 valence electrons. The van der Waals surface area contributed by atoms with E-state index in [4.69, 9.17) is 4.74 Å². The molecule has 0 amide bonds. The van der Waals surface area contributed by atoms with Crippen molar-refractivity contribution in [2.24, 2.45) is 4.99 Å². The van der Waals surface area contributed by atoms with Crippen LogP contribution in [0.25, 0.3) is 0 Å². The average molecular weight is 319 g/mol. The number of nitrogens with zero attached hydrogens (tertiary/aromatic N) is 2. The Labute approximate surface area is 139 Å². The lowest BCUT2D eigenvalue weighted by molar-refractivity contribution is -0.143. The first-order valence-electron chi connectivity index (χ1n) is 8.25. The third kappa shape index (κ3) is 7.17. The van der Waals surface area contributed by atoms with E-state index in [1.54, 1.807) is 7.05 Å². The molecule has 1 aromatic carbocycles. The molecular formula is C18H29N3O2. The van der Waals surface area contributed by atoms with Crippen molar-refractivity contribution >= 4 is 11.9 Å². The number of hydrogen-bond donors (Lipinski definition) is 1. The van der Waals surface area contributed by atoms with E-state index in [-0.39, 0.29) is 5.97 Å². The Bertz CT molecular complexity index is 497. The quantitative estimate of drug-likeness (QED) is 0.346. The van der Waals surface area contributed by atoms with Gasteiger partial charge in [-0.1, -0.05) is 31.2 Å². The number of esters is 1. The largest absolute Gasteiger partial charge is 0.466 e. The molecule has 0 atom stereocenters. The summed E-state index contributed by atoms with van der Waals surface area (Å²) in [5.41, 5.74) is 2.59. The van der Waals surface area contributed by atoms with Crippen molar-refractivity contribution in [3.05, 3.63) is 35.4 Å². The normalized spacial score (nSPS) is 11.2. The molecule has 0 saturated heterocycles. The van der Waals surface area contributed by atoms with Crippen LogP contribution in [0, 0.1) is 0 Å². The predicted molar refractivity (Wildman–Crippen MR) is 94.5 cm³/mol. The van der Waals surface area contributed by atoms with E-state index >= 15 is 0 Å². The third-order valence-corrected chi connectivity index (χ3v) is 3.57. The van der Waals surface area contributed by atoms with E-state index in [9.17, 15) is 4.79 Å². The van der Waals surface area contributed by atoms with Crippen molar-refractivity contribution in [1.29, 1.82) is 0 Å². The van der Waals surface area contributed by atoms with Crippen LogP contribution in [0.4, 0.5) is 0 Å². The van der Waals surface area contributed by atoms with Gasteiger partial charge in [0.1, 0.15) is 0 Å². The van der Waals surface area contributed by atoms with Crippen LogP contribution in [-0.2, 0) is 22.5 Å². The molecule has 1 aromatic rings. The standard InChI is InChI=1S/C18H29N3O2/c1-5-15-9-11-16(12-10-15)14-21(4)18(19-3)20-13-7-8-17(22)23-6-2/h9-12H,5-8,13-14H2,1-4H3,(H,19,20). The number of nitrogens with one attached hydrogen (secondary N) is 1. The molecule has 0 fully saturated rings. The molecule has 0 bridgehead atoms. The number of aliphatic imine (C=N–C) groups is 1. The summed E-state index contributed by atoms with van der Waals surface area (Å²) in [6.45, 7) is 5.91. The second-order valence-electron chi connectivity index (χ2n) is 5.41. The van der Waals surface area contributed by atoms with Gasteiger partial charge in [-0.05, 0) is 30.9 Å². The summed E-state index contributed by atoms with van der Waals surface area (Å²) < 4.78 is 4.91. The summed E-state index contributed by atoms with van der Waals surface area (Å²) in [6, 6.07) is 8.64. The van der Waals surface area contributed by atoms with Crippen LogP contribution in [0.3, 0.4) is 0 Å². The SMILES string of the molecule is CCOC(=O)CCCNC(=NC)N(C)Cc1ccc(CC)cc1. The summed E-state index contributed by atoms with van der Waals surface area (Å²) in [6.07, 6.45) is 2.22. The molecule has 1 N–H and O–H groups in total. The fourth-order valence-corrected chi connectivity index (χ4v) is 2.28. The molecule has 0 aliphatic heterocycles. The van der Waals surface area contributed by atoms with Gasteiger partial charge in [0.05, 0.1) is 6.61 Å². The summed E-state index contributed by atoms with van der Waals surface area (Å²) >= 11 is 0. The van der Waals surface area contributed by atoms with Gasteiger partial charge < -0.3 is 15.0 Å². The molecule has 23 heavy (non-hydrogen) atoms. The smallest absolute Gasteiger partial charge is 0.305 e. The van der Waals surface area contributed by atoms with E-state index in [1.807, 2.05) is 14.0 Å². The van der Waals surface area contributed by atoms with Gasteiger partial charge in [0.25, 0.3) is 0 Å². The second kappa shape index (κ2) is 10.6. The number of guanidine groups is 1. The molecular weight excluding hydrogens is 290 g/mol. The highest BCUT2D eigenvalue weighted by Crippen LogP contribution is 2.07. The van der Waals surface area contributed by atoms with Crippen molar-refractivity contribution in [2.75, 3.05) is 27.2 Å². The lowest BCUT2D eigenvalue weighted by Gasteiger charge is -2.22. The lowest BCUT2D eigenvalue weighted by atomic mass is 10.1. The molecule has 0 aliphatic rings. The first-order chi connectivity index (χ1) is 11.1. The Morgan fingerprint density at radius 3 is 2.43 bits per heavy atom. The molecule has 1 rings (SSSR count). The van der Waals surface area contributed by atoms with Crippen LogP contribution in [0.1, 0.15) is 37.8 Å². The minimum Gasteiger partial charge on any atom is -0.466 e. The van der Waals surface area contributed by atoms with Gasteiger partial charge in [0.15, 0.2) is 5.96 Å².